The Labute approximate surface area is 152 Å². The normalized spacial score (nSPS) is 24.5. The predicted octanol–water partition coefficient (Wildman–Crippen LogP) is 2.85. The van der Waals surface area contributed by atoms with Crippen molar-refractivity contribution >= 4 is 21.8 Å². The zero-order valence-corrected chi connectivity index (χ0v) is 15.6. The highest BCUT2D eigenvalue weighted by atomic mass is 79.9. The van der Waals surface area contributed by atoms with Gasteiger partial charge < -0.3 is 14.5 Å². The number of benzene rings is 1. The van der Waals surface area contributed by atoms with Crippen molar-refractivity contribution in [2.75, 3.05) is 32.8 Å². The van der Waals surface area contributed by atoms with E-state index in [-0.39, 0.29) is 18.1 Å². The Bertz CT molecular complexity index is 592. The fraction of sp³-hybridized carbons (Fsp3) is 0.632. The van der Waals surface area contributed by atoms with Crippen LogP contribution in [0.15, 0.2) is 28.7 Å². The van der Waals surface area contributed by atoms with Gasteiger partial charge in [0.05, 0.1) is 12.1 Å². The minimum atomic E-state index is -0.0788. The van der Waals surface area contributed by atoms with Crippen molar-refractivity contribution < 1.29 is 9.53 Å². The molecular weight excluding hydrogens is 368 g/mol. The Morgan fingerprint density at radius 1 is 1.17 bits per heavy atom. The first-order valence-corrected chi connectivity index (χ1v) is 9.83. The van der Waals surface area contributed by atoms with E-state index < -0.39 is 0 Å². The largest absolute Gasteiger partial charge is 0.363 e. The van der Waals surface area contributed by atoms with E-state index in [2.05, 4.69) is 50.0 Å². The molecule has 0 bridgehead atoms. The summed E-state index contributed by atoms with van der Waals surface area (Å²) in [7, 11) is 0. The van der Waals surface area contributed by atoms with Gasteiger partial charge in [-0.3, -0.25) is 4.79 Å². The van der Waals surface area contributed by atoms with E-state index in [1.807, 2.05) is 0 Å². The number of halogens is 1. The van der Waals surface area contributed by atoms with Crippen molar-refractivity contribution in [3.05, 3.63) is 34.3 Å². The number of ether oxygens (including phenoxy) is 1. The molecule has 0 aromatic heterocycles. The molecule has 1 aromatic rings. The lowest BCUT2D eigenvalue weighted by Crippen LogP contribution is -2.59. The van der Waals surface area contributed by atoms with Gasteiger partial charge in [0.1, 0.15) is 6.61 Å². The number of rotatable bonds is 4. The number of hydrogen-bond acceptors (Lipinski definition) is 3. The highest BCUT2D eigenvalue weighted by Gasteiger charge is 2.46. The number of morpholine rings is 1. The molecule has 24 heavy (non-hydrogen) atoms. The van der Waals surface area contributed by atoms with Crippen molar-refractivity contribution in [3.8, 4) is 0 Å². The lowest BCUT2D eigenvalue weighted by molar-refractivity contribution is -0.172. The van der Waals surface area contributed by atoms with E-state index in [4.69, 9.17) is 4.74 Å². The number of likely N-dealkylation sites (tertiary alicyclic amines) is 1. The molecule has 3 aliphatic rings. The van der Waals surface area contributed by atoms with Gasteiger partial charge in [-0.2, -0.15) is 0 Å². The van der Waals surface area contributed by atoms with Crippen LogP contribution in [0.5, 0.6) is 0 Å². The van der Waals surface area contributed by atoms with Crippen LogP contribution in [0.3, 0.4) is 0 Å². The summed E-state index contributed by atoms with van der Waals surface area (Å²) in [6.07, 6.45) is 5.55. The van der Waals surface area contributed by atoms with E-state index in [9.17, 15) is 4.79 Å². The monoisotopic (exact) mass is 392 g/mol. The van der Waals surface area contributed by atoms with Crippen molar-refractivity contribution in [1.82, 2.24) is 9.80 Å². The second-order valence-electron chi connectivity index (χ2n) is 7.44. The van der Waals surface area contributed by atoms with Crippen LogP contribution in [-0.2, 0) is 16.0 Å². The van der Waals surface area contributed by atoms with Crippen LogP contribution in [0.4, 0.5) is 0 Å². The van der Waals surface area contributed by atoms with Gasteiger partial charge in [-0.25, -0.2) is 0 Å². The van der Waals surface area contributed by atoms with Gasteiger partial charge in [-0.1, -0.05) is 28.1 Å². The standard InChI is InChI=1S/C19H25BrN2O2/c20-16-3-1-15(2-4-16)7-10-21-11-8-19(9-12-21)14-22(17-5-6-17)18(23)13-24-19/h1-4,17H,5-14H2. The number of amides is 1. The molecule has 1 aromatic carbocycles. The second-order valence-corrected chi connectivity index (χ2v) is 8.36. The van der Waals surface area contributed by atoms with E-state index in [1.165, 1.54) is 18.4 Å². The topological polar surface area (TPSA) is 32.8 Å². The van der Waals surface area contributed by atoms with Gasteiger partial charge in [-0.15, -0.1) is 0 Å². The summed E-state index contributed by atoms with van der Waals surface area (Å²) in [5.41, 5.74) is 1.31. The number of carbonyl (C=O) groups excluding carboxylic acids is 1. The summed E-state index contributed by atoms with van der Waals surface area (Å²) in [4.78, 5) is 16.7. The van der Waals surface area contributed by atoms with Gasteiger partial charge in [0, 0.05) is 30.1 Å². The molecule has 2 heterocycles. The molecule has 1 saturated carbocycles. The second kappa shape index (κ2) is 6.77. The number of piperidine rings is 1. The molecule has 0 N–H and O–H groups in total. The third-order valence-electron chi connectivity index (χ3n) is 5.67. The summed E-state index contributed by atoms with van der Waals surface area (Å²) in [6.45, 7) is 4.35. The molecule has 3 fully saturated rings. The first-order chi connectivity index (χ1) is 11.6. The van der Waals surface area contributed by atoms with E-state index in [1.54, 1.807) is 0 Å². The number of hydrogen-bond donors (Lipinski definition) is 0. The molecule has 4 nitrogen and oxygen atoms in total. The van der Waals surface area contributed by atoms with Crippen molar-refractivity contribution in [1.29, 1.82) is 0 Å². The van der Waals surface area contributed by atoms with Crippen LogP contribution in [0.2, 0.25) is 0 Å². The molecule has 1 aliphatic carbocycles. The van der Waals surface area contributed by atoms with Crippen LogP contribution in [0.25, 0.3) is 0 Å². The summed E-state index contributed by atoms with van der Waals surface area (Å²) in [5.74, 6) is 0.195. The minimum Gasteiger partial charge on any atom is -0.363 e. The van der Waals surface area contributed by atoms with E-state index >= 15 is 0 Å². The first-order valence-electron chi connectivity index (χ1n) is 9.04. The SMILES string of the molecule is O=C1COC2(CCN(CCc3ccc(Br)cc3)CC2)CN1C1CC1. The maximum atomic E-state index is 12.0. The zero-order valence-electron chi connectivity index (χ0n) is 14.0. The molecule has 130 valence electrons. The molecule has 2 saturated heterocycles. The summed E-state index contributed by atoms with van der Waals surface area (Å²) < 4.78 is 7.16. The van der Waals surface area contributed by atoms with Gasteiger partial charge >= 0.3 is 0 Å². The third kappa shape index (κ3) is 3.68. The lowest BCUT2D eigenvalue weighted by Gasteiger charge is -2.47. The highest BCUT2D eigenvalue weighted by molar-refractivity contribution is 9.10. The maximum Gasteiger partial charge on any atom is 0.248 e. The molecule has 1 amide bonds. The molecule has 0 unspecified atom stereocenters. The minimum absolute atomic E-state index is 0.0788. The Morgan fingerprint density at radius 2 is 1.88 bits per heavy atom. The van der Waals surface area contributed by atoms with Crippen LogP contribution in [0.1, 0.15) is 31.2 Å². The van der Waals surface area contributed by atoms with E-state index in [0.29, 0.717) is 6.04 Å². The lowest BCUT2D eigenvalue weighted by atomic mass is 9.89. The molecule has 0 radical (unpaired) electrons. The van der Waals surface area contributed by atoms with Gasteiger partial charge in [0.2, 0.25) is 5.91 Å². The van der Waals surface area contributed by atoms with Crippen LogP contribution < -0.4 is 0 Å². The Kier molecular flexibility index (Phi) is 4.67. The molecular formula is C19H25BrN2O2. The molecule has 0 atom stereocenters. The van der Waals surface area contributed by atoms with Gasteiger partial charge in [0.25, 0.3) is 0 Å². The average Bonchev–Trinajstić information content (AvgIpc) is 3.43. The van der Waals surface area contributed by atoms with Crippen molar-refractivity contribution in [2.24, 2.45) is 0 Å². The number of nitrogens with zero attached hydrogens (tertiary/aromatic N) is 2. The molecule has 1 spiro atoms. The van der Waals surface area contributed by atoms with Crippen LogP contribution in [0, 0.1) is 0 Å². The smallest absolute Gasteiger partial charge is 0.248 e. The first kappa shape index (κ1) is 16.6. The van der Waals surface area contributed by atoms with Crippen LogP contribution in [-0.4, -0.2) is 60.1 Å². The molecule has 5 heteroatoms. The predicted molar refractivity (Wildman–Crippen MR) is 96.9 cm³/mol. The number of carbonyl (C=O) groups is 1. The fourth-order valence-electron chi connectivity index (χ4n) is 3.89. The van der Waals surface area contributed by atoms with Crippen molar-refractivity contribution in [3.63, 3.8) is 0 Å². The summed E-state index contributed by atoms with van der Waals surface area (Å²) in [6, 6.07) is 9.12. The molecule has 4 rings (SSSR count). The van der Waals surface area contributed by atoms with E-state index in [0.717, 1.165) is 49.9 Å². The Hall–Kier alpha value is -0.910. The third-order valence-corrected chi connectivity index (χ3v) is 6.19. The fourth-order valence-corrected chi connectivity index (χ4v) is 4.15. The molecule has 2 aliphatic heterocycles. The maximum absolute atomic E-state index is 12.0. The summed E-state index contributed by atoms with van der Waals surface area (Å²) in [5, 5.41) is 0. The van der Waals surface area contributed by atoms with Crippen molar-refractivity contribution in [2.45, 2.75) is 43.7 Å². The van der Waals surface area contributed by atoms with Crippen LogP contribution >= 0.6 is 15.9 Å². The quantitative estimate of drug-likeness (QED) is 0.789. The van der Waals surface area contributed by atoms with Gasteiger partial charge in [-0.05, 0) is 49.8 Å². The highest BCUT2D eigenvalue weighted by Crippen LogP contribution is 2.36. The Morgan fingerprint density at radius 3 is 2.54 bits per heavy atom. The zero-order chi connectivity index (χ0) is 16.6. The summed E-state index contributed by atoms with van der Waals surface area (Å²) >= 11 is 3.49. The Balaban J connectivity index is 1.28. The average molecular weight is 393 g/mol. The van der Waals surface area contributed by atoms with Gasteiger partial charge in [0.15, 0.2) is 0 Å².